The predicted octanol–water partition coefficient (Wildman–Crippen LogP) is 5.66. The molecule has 36 heavy (non-hydrogen) atoms. The van der Waals surface area contributed by atoms with Crippen molar-refractivity contribution >= 4 is 52.5 Å². The van der Waals surface area contributed by atoms with Crippen molar-refractivity contribution in [2.24, 2.45) is 0 Å². The molecular formula is C26H21Cl2N3O5. The Bertz CT molecular complexity index is 1320. The van der Waals surface area contributed by atoms with Crippen LogP contribution in [0.3, 0.4) is 0 Å². The average molecular weight is 526 g/mol. The van der Waals surface area contributed by atoms with Gasteiger partial charge in [0.15, 0.2) is 18.1 Å². The van der Waals surface area contributed by atoms with Crippen molar-refractivity contribution in [1.29, 1.82) is 5.26 Å². The van der Waals surface area contributed by atoms with Gasteiger partial charge in [-0.1, -0.05) is 23.2 Å². The fourth-order valence-electron chi connectivity index (χ4n) is 3.00. The summed E-state index contributed by atoms with van der Waals surface area (Å²) in [5.41, 5.74) is 1.20. The van der Waals surface area contributed by atoms with Gasteiger partial charge < -0.3 is 25.2 Å². The molecule has 3 N–H and O–H groups in total. The van der Waals surface area contributed by atoms with Gasteiger partial charge in [0, 0.05) is 16.4 Å². The number of carbonyl (C=O) groups is 2. The van der Waals surface area contributed by atoms with Gasteiger partial charge in [-0.15, -0.1) is 0 Å². The van der Waals surface area contributed by atoms with E-state index in [0.29, 0.717) is 22.0 Å². The molecule has 184 valence electrons. The van der Waals surface area contributed by atoms with E-state index in [0.717, 1.165) is 0 Å². The summed E-state index contributed by atoms with van der Waals surface area (Å²) in [5, 5.41) is 24.8. The number of phenols is 1. The van der Waals surface area contributed by atoms with Gasteiger partial charge in [0.2, 0.25) is 0 Å². The van der Waals surface area contributed by atoms with Crippen LogP contribution in [0.2, 0.25) is 10.0 Å². The molecule has 0 aliphatic heterocycles. The lowest BCUT2D eigenvalue weighted by molar-refractivity contribution is -0.118. The van der Waals surface area contributed by atoms with Crippen molar-refractivity contribution in [2.75, 3.05) is 23.8 Å². The lowest BCUT2D eigenvalue weighted by atomic mass is 10.1. The van der Waals surface area contributed by atoms with E-state index in [-0.39, 0.29) is 41.1 Å². The number of halogens is 2. The highest BCUT2D eigenvalue weighted by Crippen LogP contribution is 2.37. The summed E-state index contributed by atoms with van der Waals surface area (Å²) in [4.78, 5) is 24.8. The van der Waals surface area contributed by atoms with Crippen LogP contribution >= 0.6 is 23.2 Å². The predicted molar refractivity (Wildman–Crippen MR) is 139 cm³/mol. The summed E-state index contributed by atoms with van der Waals surface area (Å²) < 4.78 is 11.2. The molecule has 0 aromatic heterocycles. The molecule has 0 heterocycles. The Kier molecular flexibility index (Phi) is 9.17. The highest BCUT2D eigenvalue weighted by atomic mass is 35.5. The number of phenolic OH excluding ortho intramolecular Hbond substituents is 1. The van der Waals surface area contributed by atoms with Crippen molar-refractivity contribution in [3.05, 3.63) is 81.8 Å². The molecule has 8 nitrogen and oxygen atoms in total. The van der Waals surface area contributed by atoms with E-state index in [4.69, 9.17) is 32.7 Å². The molecule has 0 fully saturated rings. The lowest BCUT2D eigenvalue weighted by Gasteiger charge is -2.14. The second kappa shape index (κ2) is 12.5. The molecule has 0 saturated heterocycles. The Morgan fingerprint density at radius 2 is 1.64 bits per heavy atom. The number of hydrogen-bond acceptors (Lipinski definition) is 6. The van der Waals surface area contributed by atoms with Crippen molar-refractivity contribution in [1.82, 2.24) is 0 Å². The average Bonchev–Trinajstić information content (AvgIpc) is 2.85. The zero-order valence-electron chi connectivity index (χ0n) is 19.0. The summed E-state index contributed by atoms with van der Waals surface area (Å²) in [6, 6.07) is 17.3. The fraction of sp³-hybridized carbons (Fsp3) is 0.115. The smallest absolute Gasteiger partial charge is 0.266 e. The third kappa shape index (κ3) is 7.40. The molecule has 0 aliphatic carbocycles. The van der Waals surface area contributed by atoms with Gasteiger partial charge in [-0.05, 0) is 79.2 Å². The third-order valence-electron chi connectivity index (χ3n) is 4.61. The van der Waals surface area contributed by atoms with Crippen molar-refractivity contribution in [2.45, 2.75) is 6.92 Å². The molecule has 0 bridgehead atoms. The number of ether oxygens (including phenoxy) is 2. The molecule has 3 aromatic carbocycles. The summed E-state index contributed by atoms with van der Waals surface area (Å²) in [5.74, 6) is -0.624. The number of carbonyl (C=O) groups excluding carboxylic acids is 2. The first-order valence-electron chi connectivity index (χ1n) is 10.7. The quantitative estimate of drug-likeness (QED) is 0.188. The molecule has 10 heteroatoms. The maximum absolute atomic E-state index is 12.5. The SMILES string of the molecule is CCOc1cc(/C=C(\C#N)C(=O)Nc2ccc(O)cc2)cc(Cl)c1OCC(=O)Nc1ccc(Cl)cc1. The maximum atomic E-state index is 12.5. The van der Waals surface area contributed by atoms with Gasteiger partial charge in [-0.25, -0.2) is 0 Å². The summed E-state index contributed by atoms with van der Waals surface area (Å²) in [6.07, 6.45) is 1.35. The number of hydrogen-bond donors (Lipinski definition) is 3. The van der Waals surface area contributed by atoms with Crippen molar-refractivity contribution < 1.29 is 24.2 Å². The number of aromatic hydroxyl groups is 1. The topological polar surface area (TPSA) is 121 Å². The molecular weight excluding hydrogens is 505 g/mol. The number of rotatable bonds is 9. The fourth-order valence-corrected chi connectivity index (χ4v) is 3.40. The normalized spacial score (nSPS) is 10.8. The summed E-state index contributed by atoms with van der Waals surface area (Å²) in [7, 11) is 0. The van der Waals surface area contributed by atoms with E-state index < -0.39 is 11.8 Å². The number of nitrogens with one attached hydrogen (secondary N) is 2. The second-order valence-corrected chi connectivity index (χ2v) is 8.12. The molecule has 0 atom stereocenters. The van der Waals surface area contributed by atoms with E-state index >= 15 is 0 Å². The van der Waals surface area contributed by atoms with Gasteiger partial charge in [0.1, 0.15) is 17.4 Å². The van der Waals surface area contributed by atoms with E-state index in [9.17, 15) is 20.0 Å². The highest BCUT2D eigenvalue weighted by Gasteiger charge is 2.16. The standard InChI is InChI=1S/C26H21Cl2N3O5/c1-2-35-23-13-16(11-17(14-29)26(34)31-20-7-9-21(32)10-8-20)12-22(28)25(23)36-15-24(33)30-19-5-3-18(27)4-6-19/h3-13,32H,2,15H2,1H3,(H,30,33)(H,31,34)/b17-11+. The third-order valence-corrected chi connectivity index (χ3v) is 5.14. The minimum Gasteiger partial charge on any atom is -0.508 e. The molecule has 0 saturated carbocycles. The number of nitrogens with zero attached hydrogens (tertiary/aromatic N) is 1. The first-order valence-corrected chi connectivity index (χ1v) is 11.4. The van der Waals surface area contributed by atoms with E-state index in [1.165, 1.54) is 36.4 Å². The Morgan fingerprint density at radius 1 is 1.00 bits per heavy atom. The van der Waals surface area contributed by atoms with Gasteiger partial charge in [-0.3, -0.25) is 9.59 Å². The lowest BCUT2D eigenvalue weighted by Crippen LogP contribution is -2.20. The second-order valence-electron chi connectivity index (χ2n) is 7.28. The minimum absolute atomic E-state index is 0.0481. The first kappa shape index (κ1) is 26.4. The molecule has 0 unspecified atom stereocenters. The molecule has 3 aromatic rings. The molecule has 0 spiro atoms. The Balaban J connectivity index is 1.76. The first-order chi connectivity index (χ1) is 17.3. The van der Waals surface area contributed by atoms with Crippen LogP contribution in [-0.2, 0) is 9.59 Å². The van der Waals surface area contributed by atoms with Gasteiger partial charge in [0.05, 0.1) is 11.6 Å². The molecule has 3 rings (SSSR count). The Hall–Kier alpha value is -4.19. The molecule has 2 amide bonds. The molecule has 0 aliphatic rings. The number of amides is 2. The Morgan fingerprint density at radius 3 is 2.28 bits per heavy atom. The van der Waals surface area contributed by atoms with Crippen molar-refractivity contribution in [3.8, 4) is 23.3 Å². The van der Waals surface area contributed by atoms with Crippen LogP contribution in [-0.4, -0.2) is 30.1 Å². The van der Waals surface area contributed by atoms with Gasteiger partial charge >= 0.3 is 0 Å². The van der Waals surface area contributed by atoms with Gasteiger partial charge in [-0.2, -0.15) is 5.26 Å². The molecule has 0 radical (unpaired) electrons. The van der Waals surface area contributed by atoms with Crippen LogP contribution in [0.4, 0.5) is 11.4 Å². The number of benzene rings is 3. The van der Waals surface area contributed by atoms with Crippen molar-refractivity contribution in [3.63, 3.8) is 0 Å². The number of nitriles is 1. The zero-order valence-corrected chi connectivity index (χ0v) is 20.6. The zero-order chi connectivity index (χ0) is 26.1. The van der Waals surface area contributed by atoms with E-state index in [1.807, 2.05) is 6.07 Å². The maximum Gasteiger partial charge on any atom is 0.266 e. The van der Waals surface area contributed by atoms with Crippen LogP contribution < -0.4 is 20.1 Å². The highest BCUT2D eigenvalue weighted by molar-refractivity contribution is 6.32. The largest absolute Gasteiger partial charge is 0.508 e. The van der Waals surface area contributed by atoms with Crippen LogP contribution in [0.25, 0.3) is 6.08 Å². The summed E-state index contributed by atoms with van der Waals surface area (Å²) in [6.45, 7) is 1.71. The van der Waals surface area contributed by atoms with E-state index in [1.54, 1.807) is 37.3 Å². The number of anilines is 2. The minimum atomic E-state index is -0.642. The van der Waals surface area contributed by atoms with Crippen LogP contribution in [0.1, 0.15) is 12.5 Å². The monoisotopic (exact) mass is 525 g/mol. The van der Waals surface area contributed by atoms with E-state index in [2.05, 4.69) is 10.6 Å². The Labute approximate surface area is 217 Å². The summed E-state index contributed by atoms with van der Waals surface area (Å²) >= 11 is 12.2. The van der Waals surface area contributed by atoms with Crippen LogP contribution in [0.5, 0.6) is 17.2 Å². The van der Waals surface area contributed by atoms with Crippen LogP contribution in [0, 0.1) is 11.3 Å². The van der Waals surface area contributed by atoms with Gasteiger partial charge in [0.25, 0.3) is 11.8 Å². The van der Waals surface area contributed by atoms with Crippen LogP contribution in [0.15, 0.2) is 66.2 Å².